The first-order chi connectivity index (χ1) is 11.6. The van der Waals surface area contributed by atoms with Gasteiger partial charge in [0.2, 0.25) is 5.91 Å². The second-order valence-electron chi connectivity index (χ2n) is 6.73. The highest BCUT2D eigenvalue weighted by atomic mass is 16.2. The number of nitrogens with zero attached hydrogens (tertiary/aromatic N) is 1. The number of carbonyl (C=O) groups excluding carboxylic acids is 2. The molecule has 0 aromatic heterocycles. The molecule has 0 bridgehead atoms. The second-order valence-corrected chi connectivity index (χ2v) is 6.73. The second kappa shape index (κ2) is 5.78. The van der Waals surface area contributed by atoms with Crippen molar-refractivity contribution in [3.63, 3.8) is 0 Å². The van der Waals surface area contributed by atoms with Crippen molar-refractivity contribution in [2.75, 3.05) is 16.8 Å². The molecule has 1 heterocycles. The highest BCUT2D eigenvalue weighted by molar-refractivity contribution is 6.08. The van der Waals surface area contributed by atoms with E-state index in [-0.39, 0.29) is 17.7 Å². The fourth-order valence-corrected chi connectivity index (χ4v) is 3.36. The zero-order chi connectivity index (χ0) is 16.7. The number of amides is 2. The number of hydrogen-bond acceptors (Lipinski definition) is 2. The van der Waals surface area contributed by atoms with E-state index in [1.807, 2.05) is 35.2 Å². The van der Waals surface area contributed by atoms with Crippen LogP contribution in [-0.2, 0) is 11.2 Å². The number of rotatable bonds is 3. The van der Waals surface area contributed by atoms with E-state index in [2.05, 4.69) is 18.3 Å². The van der Waals surface area contributed by atoms with Crippen LogP contribution in [0.5, 0.6) is 0 Å². The molecule has 2 atom stereocenters. The number of nitrogens with one attached hydrogen (secondary N) is 1. The Balaban J connectivity index is 1.53. The summed E-state index contributed by atoms with van der Waals surface area (Å²) in [6.45, 7) is 2.78. The Hall–Kier alpha value is -2.62. The molecule has 0 radical (unpaired) electrons. The van der Waals surface area contributed by atoms with E-state index in [1.165, 1.54) is 5.56 Å². The van der Waals surface area contributed by atoms with Gasteiger partial charge in [-0.1, -0.05) is 31.2 Å². The number of benzene rings is 2. The summed E-state index contributed by atoms with van der Waals surface area (Å²) in [5.41, 5.74) is 3.49. The van der Waals surface area contributed by atoms with Crippen molar-refractivity contribution in [2.45, 2.75) is 19.8 Å². The van der Waals surface area contributed by atoms with Crippen molar-refractivity contribution in [2.24, 2.45) is 11.8 Å². The van der Waals surface area contributed by atoms with Gasteiger partial charge in [-0.3, -0.25) is 9.59 Å². The first kappa shape index (κ1) is 14.9. The van der Waals surface area contributed by atoms with E-state index in [0.717, 1.165) is 18.5 Å². The number of anilines is 2. The lowest BCUT2D eigenvalue weighted by atomic mass is 10.1. The quantitative estimate of drug-likeness (QED) is 0.941. The van der Waals surface area contributed by atoms with Crippen molar-refractivity contribution in [3.8, 4) is 0 Å². The topological polar surface area (TPSA) is 49.4 Å². The van der Waals surface area contributed by atoms with Crippen LogP contribution in [0.25, 0.3) is 0 Å². The summed E-state index contributed by atoms with van der Waals surface area (Å²) in [5.74, 6) is 0.625. The molecule has 2 amide bonds. The highest BCUT2D eigenvalue weighted by Gasteiger charge is 2.39. The van der Waals surface area contributed by atoms with Crippen LogP contribution in [0.15, 0.2) is 48.5 Å². The van der Waals surface area contributed by atoms with Crippen molar-refractivity contribution in [1.29, 1.82) is 0 Å². The summed E-state index contributed by atoms with van der Waals surface area (Å²) in [6.07, 6.45) is 1.84. The molecule has 0 saturated heterocycles. The van der Waals surface area contributed by atoms with Crippen LogP contribution in [0.3, 0.4) is 0 Å². The van der Waals surface area contributed by atoms with Gasteiger partial charge in [0.1, 0.15) is 0 Å². The Labute approximate surface area is 141 Å². The highest BCUT2D eigenvalue weighted by Crippen LogP contribution is 2.38. The maximum Gasteiger partial charge on any atom is 0.258 e. The maximum atomic E-state index is 12.9. The molecule has 122 valence electrons. The lowest BCUT2D eigenvalue weighted by molar-refractivity contribution is -0.117. The van der Waals surface area contributed by atoms with Crippen molar-refractivity contribution in [1.82, 2.24) is 0 Å². The molecular formula is C20H20N2O2. The van der Waals surface area contributed by atoms with E-state index in [1.54, 1.807) is 12.1 Å². The van der Waals surface area contributed by atoms with Gasteiger partial charge in [0.05, 0.1) is 0 Å². The van der Waals surface area contributed by atoms with Crippen LogP contribution in [0.2, 0.25) is 0 Å². The molecule has 1 saturated carbocycles. The zero-order valence-electron chi connectivity index (χ0n) is 13.7. The molecule has 1 fully saturated rings. The molecule has 4 rings (SSSR count). The predicted octanol–water partition coefficient (Wildman–Crippen LogP) is 3.48. The average molecular weight is 320 g/mol. The molecule has 4 heteroatoms. The van der Waals surface area contributed by atoms with Gasteiger partial charge in [-0.05, 0) is 48.6 Å². The third kappa shape index (κ3) is 2.68. The first-order valence-corrected chi connectivity index (χ1v) is 8.44. The SMILES string of the molecule is CC1CC1C(=O)Nc1cccc(C(=O)N2CCc3ccccc32)c1. The third-order valence-electron chi connectivity index (χ3n) is 4.96. The van der Waals surface area contributed by atoms with E-state index in [0.29, 0.717) is 23.7 Å². The molecule has 2 aromatic rings. The molecule has 1 aliphatic carbocycles. The standard InChI is InChI=1S/C20H20N2O2/c1-13-11-17(13)19(23)21-16-7-4-6-15(12-16)20(24)22-10-9-14-5-2-3-8-18(14)22/h2-8,12-13,17H,9-11H2,1H3,(H,21,23). The van der Waals surface area contributed by atoms with Gasteiger partial charge in [0.15, 0.2) is 0 Å². The van der Waals surface area contributed by atoms with Gasteiger partial charge in [-0.2, -0.15) is 0 Å². The molecule has 24 heavy (non-hydrogen) atoms. The largest absolute Gasteiger partial charge is 0.326 e. The minimum absolute atomic E-state index is 0.0177. The van der Waals surface area contributed by atoms with Gasteiger partial charge in [-0.25, -0.2) is 0 Å². The smallest absolute Gasteiger partial charge is 0.258 e. The Morgan fingerprint density at radius 2 is 1.92 bits per heavy atom. The average Bonchev–Trinajstić information content (AvgIpc) is 3.18. The molecule has 1 N–H and O–H groups in total. The molecular weight excluding hydrogens is 300 g/mol. The van der Waals surface area contributed by atoms with Crippen LogP contribution in [0.4, 0.5) is 11.4 Å². The summed E-state index contributed by atoms with van der Waals surface area (Å²) < 4.78 is 0. The lowest BCUT2D eigenvalue weighted by Gasteiger charge is -2.18. The number of para-hydroxylation sites is 1. The Bertz CT molecular complexity index is 815. The summed E-state index contributed by atoms with van der Waals surface area (Å²) in [4.78, 5) is 26.8. The Morgan fingerprint density at radius 1 is 1.12 bits per heavy atom. The van der Waals surface area contributed by atoms with E-state index < -0.39 is 0 Å². The van der Waals surface area contributed by atoms with Crippen LogP contribution in [0, 0.1) is 11.8 Å². The van der Waals surface area contributed by atoms with Crippen LogP contribution in [-0.4, -0.2) is 18.4 Å². The number of hydrogen-bond donors (Lipinski definition) is 1. The van der Waals surface area contributed by atoms with Crippen LogP contribution in [0.1, 0.15) is 29.3 Å². The van der Waals surface area contributed by atoms with Crippen molar-refractivity contribution < 1.29 is 9.59 Å². The van der Waals surface area contributed by atoms with E-state index in [4.69, 9.17) is 0 Å². The predicted molar refractivity (Wildman–Crippen MR) is 94.2 cm³/mol. The lowest BCUT2D eigenvalue weighted by Crippen LogP contribution is -2.29. The van der Waals surface area contributed by atoms with Gasteiger partial charge in [0.25, 0.3) is 5.91 Å². The van der Waals surface area contributed by atoms with Gasteiger partial charge < -0.3 is 10.2 Å². The Kier molecular flexibility index (Phi) is 3.60. The molecule has 2 aliphatic rings. The minimum atomic E-state index is -0.0177. The summed E-state index contributed by atoms with van der Waals surface area (Å²) in [6, 6.07) is 15.2. The maximum absolute atomic E-state index is 12.9. The molecule has 0 spiro atoms. The zero-order valence-corrected chi connectivity index (χ0v) is 13.7. The summed E-state index contributed by atoms with van der Waals surface area (Å²) in [7, 11) is 0. The molecule has 2 aromatic carbocycles. The normalized spacial score (nSPS) is 21.3. The van der Waals surface area contributed by atoms with Crippen molar-refractivity contribution in [3.05, 3.63) is 59.7 Å². The summed E-state index contributed by atoms with van der Waals surface area (Å²) in [5, 5.41) is 2.93. The Morgan fingerprint density at radius 3 is 2.71 bits per heavy atom. The molecule has 2 unspecified atom stereocenters. The van der Waals surface area contributed by atoms with Crippen LogP contribution < -0.4 is 10.2 Å². The first-order valence-electron chi connectivity index (χ1n) is 8.44. The van der Waals surface area contributed by atoms with Gasteiger partial charge >= 0.3 is 0 Å². The van der Waals surface area contributed by atoms with Crippen molar-refractivity contribution >= 4 is 23.2 Å². The van der Waals surface area contributed by atoms with Crippen LogP contribution >= 0.6 is 0 Å². The molecule has 4 nitrogen and oxygen atoms in total. The monoisotopic (exact) mass is 320 g/mol. The minimum Gasteiger partial charge on any atom is -0.326 e. The summed E-state index contributed by atoms with van der Waals surface area (Å²) >= 11 is 0. The van der Waals surface area contributed by atoms with Gasteiger partial charge in [-0.15, -0.1) is 0 Å². The fourth-order valence-electron chi connectivity index (χ4n) is 3.36. The third-order valence-corrected chi connectivity index (χ3v) is 4.96. The van der Waals surface area contributed by atoms with Gasteiger partial charge in [0, 0.05) is 29.4 Å². The number of carbonyl (C=O) groups is 2. The number of fused-ring (bicyclic) bond motifs is 1. The molecule has 1 aliphatic heterocycles. The fraction of sp³-hybridized carbons (Fsp3) is 0.300. The van der Waals surface area contributed by atoms with E-state index in [9.17, 15) is 9.59 Å². The van der Waals surface area contributed by atoms with E-state index >= 15 is 0 Å².